The standard InChI is InChI=1S/C23H14ClFN2O/c1-2-15-6-8-21-19(11-15)23(27-14-26-21)17-7-9-22(20(24)12-17)28-13-16-4-3-5-18(25)10-16/h1,3-12,14H,13H2. The number of halogens is 2. The van der Waals surface area contributed by atoms with Gasteiger partial charge in [-0.25, -0.2) is 14.4 Å². The zero-order chi connectivity index (χ0) is 19.5. The Labute approximate surface area is 166 Å². The van der Waals surface area contributed by atoms with Crippen LogP contribution in [0, 0.1) is 18.2 Å². The lowest BCUT2D eigenvalue weighted by Gasteiger charge is -2.11. The van der Waals surface area contributed by atoms with Crippen LogP contribution in [-0.2, 0) is 6.61 Å². The first-order valence-corrected chi connectivity index (χ1v) is 8.90. The molecule has 1 heterocycles. The molecular formula is C23H14ClFN2O. The highest BCUT2D eigenvalue weighted by Gasteiger charge is 2.10. The van der Waals surface area contributed by atoms with Gasteiger partial charge in [-0.05, 0) is 54.1 Å². The summed E-state index contributed by atoms with van der Waals surface area (Å²) < 4.78 is 19.0. The molecule has 136 valence electrons. The molecule has 3 aromatic carbocycles. The lowest BCUT2D eigenvalue weighted by Crippen LogP contribution is -1.97. The van der Waals surface area contributed by atoms with Crippen molar-refractivity contribution in [2.24, 2.45) is 0 Å². The van der Waals surface area contributed by atoms with Crippen LogP contribution < -0.4 is 4.74 Å². The maximum atomic E-state index is 13.3. The Morgan fingerprint density at radius 1 is 1.04 bits per heavy atom. The van der Waals surface area contributed by atoms with Gasteiger partial charge in [-0.2, -0.15) is 0 Å². The molecule has 0 saturated carbocycles. The number of rotatable bonds is 4. The summed E-state index contributed by atoms with van der Waals surface area (Å²) in [6.45, 7) is 0.221. The highest BCUT2D eigenvalue weighted by atomic mass is 35.5. The summed E-state index contributed by atoms with van der Waals surface area (Å²) >= 11 is 6.41. The largest absolute Gasteiger partial charge is 0.487 e. The number of nitrogens with zero attached hydrogens (tertiary/aromatic N) is 2. The third kappa shape index (κ3) is 3.66. The molecule has 5 heteroatoms. The second-order valence-electron chi connectivity index (χ2n) is 6.16. The van der Waals surface area contributed by atoms with Crippen molar-refractivity contribution in [1.82, 2.24) is 9.97 Å². The predicted octanol–water partition coefficient (Wildman–Crippen LogP) is 5.65. The summed E-state index contributed by atoms with van der Waals surface area (Å²) in [5.41, 5.74) is 3.84. The van der Waals surface area contributed by atoms with E-state index in [9.17, 15) is 4.39 Å². The minimum absolute atomic E-state index is 0.221. The molecule has 3 nitrogen and oxygen atoms in total. The number of hydrogen-bond donors (Lipinski definition) is 0. The molecule has 0 N–H and O–H groups in total. The fraction of sp³-hybridized carbons (Fsp3) is 0.0435. The van der Waals surface area contributed by atoms with E-state index in [-0.39, 0.29) is 12.4 Å². The van der Waals surface area contributed by atoms with Gasteiger partial charge >= 0.3 is 0 Å². The van der Waals surface area contributed by atoms with Crippen molar-refractivity contribution in [3.63, 3.8) is 0 Å². The molecular weight excluding hydrogens is 375 g/mol. The molecule has 0 aliphatic carbocycles. The van der Waals surface area contributed by atoms with E-state index in [0.717, 1.165) is 33.3 Å². The van der Waals surface area contributed by atoms with Gasteiger partial charge in [0, 0.05) is 16.5 Å². The van der Waals surface area contributed by atoms with Gasteiger partial charge in [-0.1, -0.05) is 29.7 Å². The maximum absolute atomic E-state index is 13.3. The van der Waals surface area contributed by atoms with E-state index in [2.05, 4.69) is 15.9 Å². The van der Waals surface area contributed by atoms with Gasteiger partial charge in [-0.15, -0.1) is 6.42 Å². The summed E-state index contributed by atoms with van der Waals surface area (Å²) in [6, 6.07) is 17.3. The molecule has 4 rings (SSSR count). The van der Waals surface area contributed by atoms with Crippen LogP contribution in [0.2, 0.25) is 5.02 Å². The molecule has 4 aromatic rings. The number of aromatic nitrogens is 2. The topological polar surface area (TPSA) is 35.0 Å². The fourth-order valence-electron chi connectivity index (χ4n) is 2.93. The van der Waals surface area contributed by atoms with E-state index >= 15 is 0 Å². The van der Waals surface area contributed by atoms with E-state index in [1.54, 1.807) is 24.3 Å². The van der Waals surface area contributed by atoms with Crippen LogP contribution in [-0.4, -0.2) is 9.97 Å². The molecule has 0 saturated heterocycles. The van der Waals surface area contributed by atoms with Gasteiger partial charge < -0.3 is 4.74 Å². The highest BCUT2D eigenvalue weighted by molar-refractivity contribution is 6.32. The van der Waals surface area contributed by atoms with Crippen molar-refractivity contribution >= 4 is 22.5 Å². The molecule has 0 atom stereocenters. The molecule has 0 unspecified atom stereocenters. The Bertz CT molecular complexity index is 1220. The molecule has 0 spiro atoms. The van der Waals surface area contributed by atoms with E-state index < -0.39 is 0 Å². The van der Waals surface area contributed by atoms with Crippen molar-refractivity contribution in [1.29, 1.82) is 0 Å². The van der Waals surface area contributed by atoms with Gasteiger partial charge in [0.25, 0.3) is 0 Å². The second-order valence-corrected chi connectivity index (χ2v) is 6.57. The van der Waals surface area contributed by atoms with Crippen LogP contribution in [0.3, 0.4) is 0 Å². The van der Waals surface area contributed by atoms with E-state index in [4.69, 9.17) is 22.8 Å². The lowest BCUT2D eigenvalue weighted by atomic mass is 10.0. The first kappa shape index (κ1) is 18.0. The molecule has 0 aliphatic rings. The Kier molecular flexibility index (Phi) is 4.92. The van der Waals surface area contributed by atoms with Gasteiger partial charge in [0.1, 0.15) is 24.5 Å². The summed E-state index contributed by atoms with van der Waals surface area (Å²) in [7, 11) is 0. The third-order valence-corrected chi connectivity index (χ3v) is 4.59. The zero-order valence-corrected chi connectivity index (χ0v) is 15.4. The number of benzene rings is 3. The number of fused-ring (bicyclic) bond motifs is 1. The van der Waals surface area contributed by atoms with Gasteiger partial charge in [0.05, 0.1) is 16.2 Å². The third-order valence-electron chi connectivity index (χ3n) is 4.29. The van der Waals surface area contributed by atoms with Gasteiger partial charge in [0.2, 0.25) is 0 Å². The normalized spacial score (nSPS) is 10.6. The first-order valence-electron chi connectivity index (χ1n) is 8.52. The number of terminal acetylenes is 1. The van der Waals surface area contributed by atoms with Crippen molar-refractivity contribution in [3.8, 4) is 29.4 Å². The van der Waals surface area contributed by atoms with Crippen molar-refractivity contribution in [2.75, 3.05) is 0 Å². The minimum atomic E-state index is -0.301. The molecule has 0 fully saturated rings. The van der Waals surface area contributed by atoms with Crippen LogP contribution in [0.5, 0.6) is 5.75 Å². The summed E-state index contributed by atoms with van der Waals surface area (Å²) in [5, 5.41) is 1.29. The molecule has 0 amide bonds. The SMILES string of the molecule is C#Cc1ccc2ncnc(-c3ccc(OCc4cccc(F)c4)c(Cl)c3)c2c1. The van der Waals surface area contributed by atoms with Gasteiger partial charge in [-0.3, -0.25) is 0 Å². The quantitative estimate of drug-likeness (QED) is 0.424. The number of hydrogen-bond acceptors (Lipinski definition) is 3. The molecule has 0 bridgehead atoms. The maximum Gasteiger partial charge on any atom is 0.138 e. The van der Waals surface area contributed by atoms with E-state index in [1.165, 1.54) is 18.5 Å². The van der Waals surface area contributed by atoms with Gasteiger partial charge in [0.15, 0.2) is 0 Å². The predicted molar refractivity (Wildman–Crippen MR) is 109 cm³/mol. The summed E-state index contributed by atoms with van der Waals surface area (Å²) in [4.78, 5) is 8.69. The Morgan fingerprint density at radius 2 is 1.93 bits per heavy atom. The second kappa shape index (κ2) is 7.67. The zero-order valence-electron chi connectivity index (χ0n) is 14.7. The monoisotopic (exact) mass is 388 g/mol. The first-order chi connectivity index (χ1) is 13.6. The van der Waals surface area contributed by atoms with Crippen molar-refractivity contribution < 1.29 is 9.13 Å². The average Bonchev–Trinajstić information content (AvgIpc) is 2.72. The Balaban J connectivity index is 1.65. The van der Waals surface area contributed by atoms with Crippen LogP contribution in [0.1, 0.15) is 11.1 Å². The van der Waals surface area contributed by atoms with Crippen LogP contribution >= 0.6 is 11.6 Å². The summed E-state index contributed by atoms with van der Waals surface area (Å²) in [5.74, 6) is 2.84. The van der Waals surface area contributed by atoms with E-state index in [0.29, 0.717) is 10.8 Å². The Hall–Kier alpha value is -3.42. The van der Waals surface area contributed by atoms with Crippen molar-refractivity contribution in [2.45, 2.75) is 6.61 Å². The van der Waals surface area contributed by atoms with E-state index in [1.807, 2.05) is 24.3 Å². The minimum Gasteiger partial charge on any atom is -0.487 e. The molecule has 0 radical (unpaired) electrons. The molecule has 1 aromatic heterocycles. The molecule has 0 aliphatic heterocycles. The molecule has 28 heavy (non-hydrogen) atoms. The average molecular weight is 389 g/mol. The smallest absolute Gasteiger partial charge is 0.138 e. The lowest BCUT2D eigenvalue weighted by molar-refractivity contribution is 0.306. The number of ether oxygens (including phenoxy) is 1. The van der Waals surface area contributed by atoms with Crippen LogP contribution in [0.4, 0.5) is 4.39 Å². The highest BCUT2D eigenvalue weighted by Crippen LogP contribution is 2.33. The van der Waals surface area contributed by atoms with Crippen molar-refractivity contribution in [3.05, 3.63) is 89.0 Å². The fourth-order valence-corrected chi connectivity index (χ4v) is 3.16. The summed E-state index contributed by atoms with van der Waals surface area (Å²) in [6.07, 6.45) is 7.02. The van der Waals surface area contributed by atoms with Crippen LogP contribution in [0.25, 0.3) is 22.2 Å². The van der Waals surface area contributed by atoms with Crippen LogP contribution in [0.15, 0.2) is 67.0 Å². The Morgan fingerprint density at radius 3 is 2.71 bits per heavy atom.